The molecule has 1 amide bonds. The monoisotopic (exact) mass is 466 g/mol. The molecule has 0 fully saturated rings. The number of hydrogen-bond acceptors (Lipinski definition) is 5. The molecule has 0 aliphatic heterocycles. The molecule has 0 radical (unpaired) electrons. The molecule has 7 heteroatoms. The highest BCUT2D eigenvalue weighted by Crippen LogP contribution is 2.28. The average molecular weight is 467 g/mol. The lowest BCUT2D eigenvalue weighted by molar-refractivity contribution is -0.118. The normalized spacial score (nSPS) is 12.2. The second kappa shape index (κ2) is 11.4. The van der Waals surface area contributed by atoms with E-state index in [1.54, 1.807) is 0 Å². The minimum Gasteiger partial charge on any atom is -0.483 e. The van der Waals surface area contributed by atoms with Gasteiger partial charge in [0.1, 0.15) is 5.75 Å². The van der Waals surface area contributed by atoms with E-state index >= 15 is 0 Å². The number of benzene rings is 2. The van der Waals surface area contributed by atoms with E-state index in [2.05, 4.69) is 55.3 Å². The molecule has 0 spiro atoms. The van der Waals surface area contributed by atoms with Crippen molar-refractivity contribution in [2.24, 2.45) is 0 Å². The van der Waals surface area contributed by atoms with Gasteiger partial charge >= 0.3 is 0 Å². The van der Waals surface area contributed by atoms with Crippen LogP contribution < -0.4 is 10.1 Å². The molecule has 0 aliphatic carbocycles. The van der Waals surface area contributed by atoms with Crippen molar-refractivity contribution in [3.63, 3.8) is 0 Å². The Morgan fingerprint density at radius 2 is 1.67 bits per heavy atom. The second-order valence-corrected chi connectivity index (χ2v) is 9.78. The van der Waals surface area contributed by atoms with Crippen molar-refractivity contribution in [3.05, 3.63) is 71.0 Å². The van der Waals surface area contributed by atoms with Crippen LogP contribution in [0, 0.1) is 6.92 Å². The first-order valence-electron chi connectivity index (χ1n) is 11.4. The summed E-state index contributed by atoms with van der Waals surface area (Å²) in [5.41, 5.74) is 3.56. The van der Waals surface area contributed by atoms with Gasteiger partial charge in [-0.3, -0.25) is 4.79 Å². The predicted octanol–water partition coefficient (Wildman–Crippen LogP) is 5.84. The second-order valence-electron chi connectivity index (χ2n) is 8.84. The molecule has 2 aromatic carbocycles. The number of carbonyl (C=O) groups is 1. The quantitative estimate of drug-likeness (QED) is 0.380. The molecule has 0 saturated heterocycles. The summed E-state index contributed by atoms with van der Waals surface area (Å²) in [6, 6.07) is 16.5. The number of nitrogens with zero attached hydrogens (tertiary/aromatic N) is 3. The number of ether oxygens (including phenoxy) is 1. The third kappa shape index (κ3) is 6.84. The topological polar surface area (TPSA) is 69.0 Å². The van der Waals surface area contributed by atoms with Gasteiger partial charge in [0.25, 0.3) is 0 Å². The van der Waals surface area contributed by atoms with Gasteiger partial charge in [-0.1, -0.05) is 67.6 Å². The van der Waals surface area contributed by atoms with Gasteiger partial charge in [0.15, 0.2) is 17.1 Å². The zero-order chi connectivity index (χ0) is 24.0. The number of nitrogens with one attached hydrogen (secondary N) is 1. The first-order chi connectivity index (χ1) is 15.7. The molecule has 0 aliphatic rings. The van der Waals surface area contributed by atoms with Crippen molar-refractivity contribution in [3.8, 4) is 5.75 Å². The number of carbonyl (C=O) groups excluding carboxylic acids is 1. The highest BCUT2D eigenvalue weighted by atomic mass is 32.2. The molecular weight excluding hydrogens is 432 g/mol. The summed E-state index contributed by atoms with van der Waals surface area (Å²) in [4.78, 5) is 12.4. The van der Waals surface area contributed by atoms with E-state index < -0.39 is 0 Å². The maximum atomic E-state index is 12.4. The fourth-order valence-electron chi connectivity index (χ4n) is 3.43. The number of amides is 1. The van der Waals surface area contributed by atoms with Gasteiger partial charge in [-0.2, -0.15) is 0 Å². The summed E-state index contributed by atoms with van der Waals surface area (Å²) in [5.74, 6) is 2.28. The fraction of sp³-hybridized carbons (Fsp3) is 0.423. The molecule has 3 rings (SSSR count). The summed E-state index contributed by atoms with van der Waals surface area (Å²) in [6.07, 6.45) is -0.269. The molecule has 1 aromatic heterocycles. The zero-order valence-corrected chi connectivity index (χ0v) is 21.1. The van der Waals surface area contributed by atoms with Gasteiger partial charge in [0, 0.05) is 12.6 Å². The number of aryl methyl sites for hydroxylation is 1. The molecule has 1 atom stereocenters. The van der Waals surface area contributed by atoms with Crippen LogP contribution in [0.5, 0.6) is 5.75 Å². The summed E-state index contributed by atoms with van der Waals surface area (Å²) in [7, 11) is 0. The molecule has 0 bridgehead atoms. The third-order valence-corrected chi connectivity index (χ3v) is 6.32. The van der Waals surface area contributed by atoms with Crippen molar-refractivity contribution < 1.29 is 9.53 Å². The van der Waals surface area contributed by atoms with Crippen LogP contribution in [-0.4, -0.2) is 26.4 Å². The van der Waals surface area contributed by atoms with Crippen molar-refractivity contribution >= 4 is 17.7 Å². The lowest BCUT2D eigenvalue weighted by atomic mass is 10.0. The third-order valence-electron chi connectivity index (χ3n) is 5.37. The van der Waals surface area contributed by atoms with E-state index in [9.17, 15) is 4.79 Å². The van der Waals surface area contributed by atoms with Crippen LogP contribution in [0.4, 0.5) is 0 Å². The lowest BCUT2D eigenvalue weighted by Gasteiger charge is -2.19. The van der Waals surface area contributed by atoms with Crippen LogP contribution >= 0.6 is 11.8 Å². The molecule has 1 heterocycles. The fourth-order valence-corrected chi connectivity index (χ4v) is 4.33. The minimum absolute atomic E-state index is 0.0324. The Morgan fingerprint density at radius 1 is 1.00 bits per heavy atom. The lowest BCUT2D eigenvalue weighted by Crippen LogP contribution is -2.24. The SMILES string of the molecule is Cc1ccc(CNC(=O)CSc2nnc(C(C)Oc3ccc(C(C)C)cc3)n2C(C)C)cc1. The molecular formula is C26H34N4O2S. The van der Waals surface area contributed by atoms with Crippen LogP contribution in [-0.2, 0) is 11.3 Å². The minimum atomic E-state index is -0.269. The number of rotatable bonds is 10. The van der Waals surface area contributed by atoms with Crippen molar-refractivity contribution in [1.82, 2.24) is 20.1 Å². The Morgan fingerprint density at radius 3 is 2.27 bits per heavy atom. The van der Waals surface area contributed by atoms with Gasteiger partial charge in [0.2, 0.25) is 5.91 Å². The van der Waals surface area contributed by atoms with E-state index in [0.717, 1.165) is 22.3 Å². The highest BCUT2D eigenvalue weighted by molar-refractivity contribution is 7.99. The maximum absolute atomic E-state index is 12.4. The molecule has 3 aromatic rings. The van der Waals surface area contributed by atoms with E-state index in [-0.39, 0.29) is 23.8 Å². The van der Waals surface area contributed by atoms with E-state index in [0.29, 0.717) is 12.5 Å². The van der Waals surface area contributed by atoms with Crippen molar-refractivity contribution in [2.75, 3.05) is 5.75 Å². The molecule has 33 heavy (non-hydrogen) atoms. The molecule has 176 valence electrons. The van der Waals surface area contributed by atoms with Gasteiger partial charge < -0.3 is 14.6 Å². The molecule has 1 unspecified atom stereocenters. The Labute approximate surface area is 201 Å². The van der Waals surface area contributed by atoms with E-state index in [1.165, 1.54) is 22.9 Å². The first kappa shape index (κ1) is 24.8. The number of thioether (sulfide) groups is 1. The van der Waals surface area contributed by atoms with Gasteiger partial charge in [-0.25, -0.2) is 0 Å². The Kier molecular flexibility index (Phi) is 8.55. The van der Waals surface area contributed by atoms with Gasteiger partial charge in [-0.05, 0) is 56.9 Å². The Bertz CT molecular complexity index is 1040. The van der Waals surface area contributed by atoms with Crippen LogP contribution in [0.15, 0.2) is 53.7 Å². The van der Waals surface area contributed by atoms with Crippen LogP contribution in [0.2, 0.25) is 0 Å². The number of aromatic nitrogens is 3. The van der Waals surface area contributed by atoms with Crippen molar-refractivity contribution in [2.45, 2.75) is 71.3 Å². The van der Waals surface area contributed by atoms with Crippen LogP contribution in [0.3, 0.4) is 0 Å². The Balaban J connectivity index is 1.61. The maximum Gasteiger partial charge on any atom is 0.230 e. The average Bonchev–Trinajstić information content (AvgIpc) is 3.22. The van der Waals surface area contributed by atoms with Gasteiger partial charge in [0.05, 0.1) is 5.75 Å². The highest BCUT2D eigenvalue weighted by Gasteiger charge is 2.22. The van der Waals surface area contributed by atoms with Crippen molar-refractivity contribution in [1.29, 1.82) is 0 Å². The molecule has 6 nitrogen and oxygen atoms in total. The van der Waals surface area contributed by atoms with Gasteiger partial charge in [-0.15, -0.1) is 10.2 Å². The van der Waals surface area contributed by atoms with Crippen LogP contribution in [0.25, 0.3) is 0 Å². The Hall–Kier alpha value is -2.80. The standard InChI is InChI=1S/C26H34N4O2S/c1-17(2)22-11-13-23(14-12-22)32-20(6)25-28-29-26(30(25)18(3)4)33-16-24(31)27-15-21-9-7-19(5)8-10-21/h7-14,17-18,20H,15-16H2,1-6H3,(H,27,31). The van der Waals surface area contributed by atoms with E-state index in [4.69, 9.17) is 4.74 Å². The largest absolute Gasteiger partial charge is 0.483 e. The predicted molar refractivity (Wildman–Crippen MR) is 134 cm³/mol. The summed E-state index contributed by atoms with van der Waals surface area (Å²) >= 11 is 1.39. The zero-order valence-electron chi connectivity index (χ0n) is 20.3. The smallest absolute Gasteiger partial charge is 0.230 e. The molecule has 1 N–H and O–H groups in total. The molecule has 0 saturated carbocycles. The number of hydrogen-bond donors (Lipinski definition) is 1. The summed E-state index contributed by atoms with van der Waals surface area (Å²) in [6.45, 7) is 13.0. The summed E-state index contributed by atoms with van der Waals surface area (Å²) < 4.78 is 8.20. The first-order valence-corrected chi connectivity index (χ1v) is 12.4. The summed E-state index contributed by atoms with van der Waals surface area (Å²) in [5, 5.41) is 12.4. The van der Waals surface area contributed by atoms with Crippen LogP contribution in [0.1, 0.15) is 75.2 Å². The van der Waals surface area contributed by atoms with E-state index in [1.807, 2.05) is 54.8 Å².